The number of aromatic amines is 1. The van der Waals surface area contributed by atoms with E-state index in [2.05, 4.69) is 66.0 Å². The number of pyridine rings is 2. The molecule has 1 fully saturated rings. The molecule has 0 aliphatic carbocycles. The van der Waals surface area contributed by atoms with Crippen LogP contribution < -0.4 is 4.90 Å². The van der Waals surface area contributed by atoms with Gasteiger partial charge in [-0.1, -0.05) is 6.07 Å². The van der Waals surface area contributed by atoms with Crippen LogP contribution in [-0.4, -0.2) is 44.6 Å². The van der Waals surface area contributed by atoms with E-state index in [1.165, 1.54) is 27.9 Å². The number of likely N-dealkylation sites (tertiary alicyclic amines) is 1. The second kappa shape index (κ2) is 9.95. The molecule has 0 bridgehead atoms. The van der Waals surface area contributed by atoms with Gasteiger partial charge >= 0.3 is 6.09 Å². The molecular formula is C33H39N5O2. The van der Waals surface area contributed by atoms with Gasteiger partial charge in [-0.25, -0.2) is 9.78 Å². The van der Waals surface area contributed by atoms with E-state index in [1.807, 2.05) is 38.1 Å². The van der Waals surface area contributed by atoms with Gasteiger partial charge in [0.2, 0.25) is 0 Å². The molecule has 1 amide bonds. The number of rotatable bonds is 3. The zero-order chi connectivity index (χ0) is 28.2. The smallest absolute Gasteiger partial charge is 0.410 e. The predicted octanol–water partition coefficient (Wildman–Crippen LogP) is 7.18. The van der Waals surface area contributed by atoms with Crippen molar-refractivity contribution in [1.82, 2.24) is 19.9 Å². The van der Waals surface area contributed by atoms with Gasteiger partial charge in [-0.3, -0.25) is 4.98 Å². The Labute approximate surface area is 236 Å². The minimum absolute atomic E-state index is 0.0184. The molecule has 1 saturated heterocycles. The first-order chi connectivity index (χ1) is 19.1. The fourth-order valence-corrected chi connectivity index (χ4v) is 6.30. The summed E-state index contributed by atoms with van der Waals surface area (Å²) in [7, 11) is 0. The van der Waals surface area contributed by atoms with Crippen molar-refractivity contribution in [1.29, 1.82) is 0 Å². The van der Waals surface area contributed by atoms with Crippen molar-refractivity contribution in [3.63, 3.8) is 0 Å². The van der Waals surface area contributed by atoms with E-state index in [0.717, 1.165) is 65.9 Å². The van der Waals surface area contributed by atoms with Gasteiger partial charge in [0.05, 0.1) is 6.04 Å². The molecule has 1 atom stereocenters. The molecule has 7 nitrogen and oxygen atoms in total. The Hall–Kier alpha value is -3.87. The van der Waals surface area contributed by atoms with E-state index in [0.29, 0.717) is 6.54 Å². The number of benzene rings is 1. The summed E-state index contributed by atoms with van der Waals surface area (Å²) in [5.41, 5.74) is 11.0. The molecule has 2 aliphatic rings. The average Bonchev–Trinajstić information content (AvgIpc) is 3.53. The Morgan fingerprint density at radius 1 is 1.02 bits per heavy atom. The Kier molecular flexibility index (Phi) is 6.56. The van der Waals surface area contributed by atoms with Gasteiger partial charge in [0.1, 0.15) is 11.2 Å². The molecule has 0 radical (unpaired) electrons. The minimum atomic E-state index is -0.533. The summed E-state index contributed by atoms with van der Waals surface area (Å²) in [6, 6.07) is 11.2. The van der Waals surface area contributed by atoms with E-state index >= 15 is 0 Å². The highest BCUT2D eigenvalue weighted by molar-refractivity contribution is 5.84. The highest BCUT2D eigenvalue weighted by Crippen LogP contribution is 2.41. The topological polar surface area (TPSA) is 74.4 Å². The fraction of sp³-hybridized carbons (Fsp3) is 0.424. The molecule has 1 aromatic carbocycles. The summed E-state index contributed by atoms with van der Waals surface area (Å²) in [6.07, 6.45) is 6.57. The first kappa shape index (κ1) is 26.4. The van der Waals surface area contributed by atoms with E-state index in [1.54, 1.807) is 0 Å². The van der Waals surface area contributed by atoms with Crippen LogP contribution in [0.15, 0.2) is 42.7 Å². The Balaban J connectivity index is 1.45. The van der Waals surface area contributed by atoms with Crippen molar-refractivity contribution in [3.05, 3.63) is 76.4 Å². The van der Waals surface area contributed by atoms with Crippen molar-refractivity contribution in [2.75, 3.05) is 18.0 Å². The molecule has 4 aromatic rings. The SMILES string of the molecule is Cc1cc(N2CCc3cc(-c4cnc5[nH]cc(C)c5c4)cc([C@@H]4CCCN4C(=O)OC(C)(C)C)c3C2)cc(C)n1. The van der Waals surface area contributed by atoms with Gasteiger partial charge in [0.15, 0.2) is 0 Å². The number of hydrogen-bond acceptors (Lipinski definition) is 5. The molecule has 5 heterocycles. The maximum Gasteiger partial charge on any atom is 0.410 e. The molecule has 208 valence electrons. The number of aromatic nitrogens is 3. The van der Waals surface area contributed by atoms with E-state index in [4.69, 9.17) is 9.72 Å². The van der Waals surface area contributed by atoms with Gasteiger partial charge in [0, 0.05) is 60.1 Å². The molecule has 0 saturated carbocycles. The quantitative estimate of drug-likeness (QED) is 0.299. The number of nitrogens with one attached hydrogen (secondary N) is 1. The fourth-order valence-electron chi connectivity index (χ4n) is 6.30. The van der Waals surface area contributed by atoms with Crippen LogP contribution in [0.4, 0.5) is 10.5 Å². The number of hydrogen-bond donors (Lipinski definition) is 1. The number of amides is 1. The third-order valence-corrected chi connectivity index (χ3v) is 8.12. The zero-order valence-corrected chi connectivity index (χ0v) is 24.5. The van der Waals surface area contributed by atoms with Crippen LogP contribution in [0, 0.1) is 20.8 Å². The van der Waals surface area contributed by atoms with Crippen LogP contribution in [-0.2, 0) is 17.7 Å². The largest absolute Gasteiger partial charge is 0.444 e. The first-order valence-electron chi connectivity index (χ1n) is 14.4. The van der Waals surface area contributed by atoms with Gasteiger partial charge in [-0.2, -0.15) is 0 Å². The highest BCUT2D eigenvalue weighted by Gasteiger charge is 2.36. The van der Waals surface area contributed by atoms with Crippen LogP contribution in [0.2, 0.25) is 0 Å². The maximum atomic E-state index is 13.4. The average molecular weight is 538 g/mol. The molecule has 1 N–H and O–H groups in total. The molecule has 7 heteroatoms. The second-order valence-electron chi connectivity index (χ2n) is 12.4. The van der Waals surface area contributed by atoms with Crippen molar-refractivity contribution in [2.24, 2.45) is 0 Å². The van der Waals surface area contributed by atoms with Crippen LogP contribution in [0.1, 0.15) is 73.3 Å². The third-order valence-electron chi connectivity index (χ3n) is 8.12. The van der Waals surface area contributed by atoms with Crippen molar-refractivity contribution < 1.29 is 9.53 Å². The Bertz CT molecular complexity index is 1580. The summed E-state index contributed by atoms with van der Waals surface area (Å²) in [4.78, 5) is 30.3. The number of ether oxygens (including phenoxy) is 1. The third kappa shape index (κ3) is 5.05. The van der Waals surface area contributed by atoms with E-state index in [-0.39, 0.29) is 12.1 Å². The monoisotopic (exact) mass is 537 g/mol. The second-order valence-corrected chi connectivity index (χ2v) is 12.4. The minimum Gasteiger partial charge on any atom is -0.444 e. The van der Waals surface area contributed by atoms with Crippen LogP contribution in [0.5, 0.6) is 0 Å². The van der Waals surface area contributed by atoms with E-state index in [9.17, 15) is 4.79 Å². The zero-order valence-electron chi connectivity index (χ0n) is 24.5. The normalized spacial score (nSPS) is 17.4. The summed E-state index contributed by atoms with van der Waals surface area (Å²) >= 11 is 0. The molecule has 6 rings (SSSR count). The first-order valence-corrected chi connectivity index (χ1v) is 14.4. The summed E-state index contributed by atoms with van der Waals surface area (Å²) in [5, 5.41) is 1.14. The molecular weight excluding hydrogens is 498 g/mol. The molecule has 40 heavy (non-hydrogen) atoms. The summed E-state index contributed by atoms with van der Waals surface area (Å²) in [6.45, 7) is 14.5. The maximum absolute atomic E-state index is 13.4. The van der Waals surface area contributed by atoms with Crippen LogP contribution in [0.25, 0.3) is 22.2 Å². The lowest BCUT2D eigenvalue weighted by atomic mass is 9.86. The lowest BCUT2D eigenvalue weighted by Crippen LogP contribution is -2.37. The molecule has 3 aromatic heterocycles. The summed E-state index contributed by atoms with van der Waals surface area (Å²) in [5.74, 6) is 0. The number of H-pyrrole nitrogens is 1. The van der Waals surface area contributed by atoms with Crippen LogP contribution in [0.3, 0.4) is 0 Å². The molecule has 0 spiro atoms. The Morgan fingerprint density at radius 2 is 1.80 bits per heavy atom. The number of fused-ring (bicyclic) bond motifs is 2. The van der Waals surface area contributed by atoms with Gasteiger partial charge in [0.25, 0.3) is 0 Å². The van der Waals surface area contributed by atoms with Crippen molar-refractivity contribution in [2.45, 2.75) is 79.0 Å². The number of aryl methyl sites for hydroxylation is 3. The van der Waals surface area contributed by atoms with Gasteiger partial charge < -0.3 is 19.5 Å². The lowest BCUT2D eigenvalue weighted by Gasteiger charge is -2.36. The van der Waals surface area contributed by atoms with E-state index < -0.39 is 5.60 Å². The summed E-state index contributed by atoms with van der Waals surface area (Å²) < 4.78 is 5.86. The van der Waals surface area contributed by atoms with Crippen molar-refractivity contribution in [3.8, 4) is 11.1 Å². The number of nitrogens with zero attached hydrogens (tertiary/aromatic N) is 4. The van der Waals surface area contributed by atoms with Crippen molar-refractivity contribution >= 4 is 22.8 Å². The number of anilines is 1. The molecule has 2 aliphatic heterocycles. The predicted molar refractivity (Wildman–Crippen MR) is 160 cm³/mol. The molecule has 0 unspecified atom stereocenters. The highest BCUT2D eigenvalue weighted by atomic mass is 16.6. The van der Waals surface area contributed by atoms with Crippen LogP contribution >= 0.6 is 0 Å². The Morgan fingerprint density at radius 3 is 2.55 bits per heavy atom. The number of carbonyl (C=O) groups excluding carboxylic acids is 1. The standard InChI is InChI=1S/C33H39N5O2/c1-20-17-34-31-27(20)16-25(18-35-31)24-14-23-9-11-37(26-12-21(2)36-22(3)13-26)19-29(23)28(15-24)30-8-7-10-38(30)32(39)40-33(4,5)6/h12-18,30H,7-11,19H2,1-6H3,(H,34,35)/t30-/m0/s1. The lowest BCUT2D eigenvalue weighted by molar-refractivity contribution is 0.0224. The van der Waals surface area contributed by atoms with Gasteiger partial charge in [-0.15, -0.1) is 0 Å². The number of carbonyl (C=O) groups is 1. The van der Waals surface area contributed by atoms with Gasteiger partial charge in [-0.05, 0) is 113 Å².